The van der Waals surface area contributed by atoms with Gasteiger partial charge in [0.15, 0.2) is 0 Å². The molecule has 0 atom stereocenters. The van der Waals surface area contributed by atoms with E-state index in [4.69, 9.17) is 9.47 Å². The molecule has 0 unspecified atom stereocenters. The van der Waals surface area contributed by atoms with E-state index in [1.54, 1.807) is 29.2 Å². The summed E-state index contributed by atoms with van der Waals surface area (Å²) in [6, 6.07) is 9.37. The van der Waals surface area contributed by atoms with Crippen LogP contribution in [0.3, 0.4) is 0 Å². The predicted molar refractivity (Wildman–Crippen MR) is 106 cm³/mol. The quantitative estimate of drug-likeness (QED) is 0.719. The van der Waals surface area contributed by atoms with Crippen LogP contribution in [0.4, 0.5) is 9.18 Å². The van der Waals surface area contributed by atoms with Crippen molar-refractivity contribution in [2.45, 2.75) is 45.3 Å². The highest BCUT2D eigenvalue weighted by atomic mass is 19.1. The van der Waals surface area contributed by atoms with Gasteiger partial charge >= 0.3 is 6.09 Å². The zero-order chi connectivity index (χ0) is 21.0. The van der Waals surface area contributed by atoms with Crippen molar-refractivity contribution >= 4 is 11.9 Å². The van der Waals surface area contributed by atoms with E-state index < -0.39 is 11.4 Å². The Kier molecular flexibility index (Phi) is 6.15. The first-order chi connectivity index (χ1) is 13.7. The van der Waals surface area contributed by atoms with Crippen molar-refractivity contribution in [2.24, 2.45) is 0 Å². The number of carbonyl (C=O) groups is 2. The highest BCUT2D eigenvalue weighted by molar-refractivity contribution is 6.07. The smallest absolute Gasteiger partial charge is 0.410 e. The molecule has 0 aliphatic carbocycles. The number of pyridine rings is 1. The average Bonchev–Trinajstić information content (AvgIpc) is 2.68. The van der Waals surface area contributed by atoms with Gasteiger partial charge in [0.05, 0.1) is 6.20 Å². The Morgan fingerprint density at radius 1 is 1.07 bits per heavy atom. The number of hydrogen-bond donors (Lipinski definition) is 0. The number of halogens is 1. The van der Waals surface area contributed by atoms with E-state index in [2.05, 4.69) is 4.98 Å². The fourth-order valence-electron chi connectivity index (χ4n) is 3.02. The molecule has 0 bridgehead atoms. The van der Waals surface area contributed by atoms with Crippen molar-refractivity contribution < 1.29 is 23.5 Å². The van der Waals surface area contributed by atoms with Crippen molar-refractivity contribution in [3.05, 3.63) is 59.7 Å². The number of likely N-dealkylation sites (tertiary alicyclic amines) is 1. The Labute approximate surface area is 169 Å². The average molecular weight is 400 g/mol. The van der Waals surface area contributed by atoms with Gasteiger partial charge in [-0.25, -0.2) is 14.2 Å². The van der Waals surface area contributed by atoms with E-state index >= 15 is 0 Å². The van der Waals surface area contributed by atoms with Crippen LogP contribution < -0.4 is 4.74 Å². The van der Waals surface area contributed by atoms with Gasteiger partial charge in [-0.3, -0.25) is 4.79 Å². The number of aromatic nitrogens is 1. The van der Waals surface area contributed by atoms with Crippen LogP contribution in [-0.2, 0) is 4.74 Å². The molecule has 154 valence electrons. The fraction of sp³-hybridized carbons (Fsp3) is 0.409. The number of carbonyl (C=O) groups excluding carboxylic acids is 2. The number of nitrogens with zero attached hydrogens (tertiary/aromatic N) is 2. The van der Waals surface area contributed by atoms with Crippen molar-refractivity contribution in [3.8, 4) is 5.75 Å². The molecule has 7 heteroatoms. The van der Waals surface area contributed by atoms with E-state index in [0.717, 1.165) is 6.20 Å². The Morgan fingerprint density at radius 3 is 2.28 bits per heavy atom. The summed E-state index contributed by atoms with van der Waals surface area (Å²) >= 11 is 0. The Hall–Kier alpha value is -2.96. The second kappa shape index (κ2) is 8.59. The van der Waals surface area contributed by atoms with Crippen molar-refractivity contribution in [3.63, 3.8) is 0 Å². The first-order valence-corrected chi connectivity index (χ1v) is 9.62. The van der Waals surface area contributed by atoms with Crippen LogP contribution in [0.1, 0.15) is 49.7 Å². The summed E-state index contributed by atoms with van der Waals surface area (Å²) < 4.78 is 24.3. The molecule has 3 rings (SSSR count). The monoisotopic (exact) mass is 400 g/mol. The van der Waals surface area contributed by atoms with Crippen molar-refractivity contribution in [2.75, 3.05) is 13.1 Å². The molecular formula is C22H25FN2O4. The molecule has 1 amide bonds. The van der Waals surface area contributed by atoms with Gasteiger partial charge in [0.25, 0.3) is 0 Å². The number of hydrogen-bond acceptors (Lipinski definition) is 5. The summed E-state index contributed by atoms with van der Waals surface area (Å²) in [4.78, 5) is 30.0. The zero-order valence-corrected chi connectivity index (χ0v) is 16.9. The molecule has 1 aliphatic rings. The first kappa shape index (κ1) is 20.8. The minimum Gasteiger partial charge on any atom is -0.490 e. The van der Waals surface area contributed by atoms with Gasteiger partial charge in [0.2, 0.25) is 5.78 Å². The van der Waals surface area contributed by atoms with Gasteiger partial charge in [0, 0.05) is 31.5 Å². The van der Waals surface area contributed by atoms with Gasteiger partial charge in [0.1, 0.15) is 29.0 Å². The molecule has 29 heavy (non-hydrogen) atoms. The standard InChI is InChI=1S/C22H25FN2O4/c1-22(2,3)29-21(27)25-12-10-18(11-13-25)28-17-7-4-15(5-8-17)20(26)19-9-6-16(23)14-24-19/h4-9,14,18H,10-13H2,1-3H3. The number of ether oxygens (including phenoxy) is 2. The number of piperidine rings is 1. The largest absolute Gasteiger partial charge is 0.490 e. The lowest BCUT2D eigenvalue weighted by Gasteiger charge is -2.33. The molecular weight excluding hydrogens is 375 g/mol. The SMILES string of the molecule is CC(C)(C)OC(=O)N1CCC(Oc2ccc(C(=O)c3ccc(F)cn3)cc2)CC1. The normalized spacial score (nSPS) is 15.1. The molecule has 0 radical (unpaired) electrons. The van der Waals surface area contributed by atoms with Crippen LogP contribution in [-0.4, -0.2) is 46.6 Å². The maximum atomic E-state index is 12.9. The van der Waals surface area contributed by atoms with E-state index in [9.17, 15) is 14.0 Å². The summed E-state index contributed by atoms with van der Waals surface area (Å²) in [6.07, 6.45) is 2.13. The molecule has 2 heterocycles. The van der Waals surface area contributed by atoms with Crippen LogP contribution in [0.2, 0.25) is 0 Å². The summed E-state index contributed by atoms with van der Waals surface area (Å²) in [5.74, 6) is -0.102. The summed E-state index contributed by atoms with van der Waals surface area (Å²) in [6.45, 7) is 6.70. The summed E-state index contributed by atoms with van der Waals surface area (Å²) in [5, 5.41) is 0. The molecule has 2 aromatic rings. The van der Waals surface area contributed by atoms with E-state index in [0.29, 0.717) is 37.2 Å². The Bertz CT molecular complexity index is 852. The van der Waals surface area contributed by atoms with Crippen LogP contribution >= 0.6 is 0 Å². The summed E-state index contributed by atoms with van der Waals surface area (Å²) in [7, 11) is 0. The number of amides is 1. The van der Waals surface area contributed by atoms with E-state index in [1.807, 2.05) is 20.8 Å². The van der Waals surface area contributed by atoms with Crippen LogP contribution in [0, 0.1) is 5.82 Å². The zero-order valence-electron chi connectivity index (χ0n) is 16.9. The van der Waals surface area contributed by atoms with Crippen molar-refractivity contribution in [1.29, 1.82) is 0 Å². The minimum absolute atomic E-state index is 0.00555. The maximum Gasteiger partial charge on any atom is 0.410 e. The van der Waals surface area contributed by atoms with Gasteiger partial charge < -0.3 is 14.4 Å². The number of benzene rings is 1. The molecule has 1 aromatic carbocycles. The minimum atomic E-state index is -0.507. The van der Waals surface area contributed by atoms with Crippen LogP contribution in [0.25, 0.3) is 0 Å². The molecule has 1 aliphatic heterocycles. The van der Waals surface area contributed by atoms with Gasteiger partial charge in [-0.05, 0) is 57.2 Å². The molecule has 1 aromatic heterocycles. The molecule has 0 spiro atoms. The molecule has 1 fully saturated rings. The van der Waals surface area contributed by atoms with E-state index in [1.165, 1.54) is 12.1 Å². The maximum absolute atomic E-state index is 12.9. The Morgan fingerprint density at radius 2 is 1.72 bits per heavy atom. The van der Waals surface area contributed by atoms with Gasteiger partial charge in [-0.2, -0.15) is 0 Å². The van der Waals surface area contributed by atoms with E-state index in [-0.39, 0.29) is 23.7 Å². The highest BCUT2D eigenvalue weighted by Gasteiger charge is 2.27. The lowest BCUT2D eigenvalue weighted by Crippen LogP contribution is -2.44. The van der Waals surface area contributed by atoms with Crippen LogP contribution in [0.5, 0.6) is 5.75 Å². The third kappa shape index (κ3) is 5.76. The second-order valence-corrected chi connectivity index (χ2v) is 8.00. The predicted octanol–water partition coefficient (Wildman–Crippen LogP) is 4.23. The fourth-order valence-corrected chi connectivity index (χ4v) is 3.02. The molecule has 6 nitrogen and oxygen atoms in total. The topological polar surface area (TPSA) is 68.7 Å². The lowest BCUT2D eigenvalue weighted by atomic mass is 10.1. The number of ketones is 1. The molecule has 0 N–H and O–H groups in total. The third-order valence-electron chi connectivity index (χ3n) is 4.47. The van der Waals surface area contributed by atoms with Gasteiger partial charge in [-0.15, -0.1) is 0 Å². The Balaban J connectivity index is 1.52. The first-order valence-electron chi connectivity index (χ1n) is 9.62. The van der Waals surface area contributed by atoms with Gasteiger partial charge in [-0.1, -0.05) is 0 Å². The second-order valence-electron chi connectivity index (χ2n) is 8.00. The number of rotatable bonds is 4. The third-order valence-corrected chi connectivity index (χ3v) is 4.47. The molecule has 1 saturated heterocycles. The summed E-state index contributed by atoms with van der Waals surface area (Å²) in [5.41, 5.74) is 0.137. The highest BCUT2D eigenvalue weighted by Crippen LogP contribution is 2.22. The van der Waals surface area contributed by atoms with Crippen molar-refractivity contribution in [1.82, 2.24) is 9.88 Å². The lowest BCUT2D eigenvalue weighted by molar-refractivity contribution is 0.0126. The molecule has 0 saturated carbocycles. The van der Waals surface area contributed by atoms with Crippen LogP contribution in [0.15, 0.2) is 42.6 Å².